The summed E-state index contributed by atoms with van der Waals surface area (Å²) in [7, 11) is 0. The Labute approximate surface area is 245 Å². The highest BCUT2D eigenvalue weighted by atomic mass is 32.1. The molecule has 214 valence electrons. The highest BCUT2D eigenvalue weighted by molar-refractivity contribution is 7.18. The fraction of sp³-hybridized carbons (Fsp3) is 0.300. The van der Waals surface area contributed by atoms with Gasteiger partial charge < -0.3 is 19.7 Å². The summed E-state index contributed by atoms with van der Waals surface area (Å²) in [6.45, 7) is 6.96. The minimum absolute atomic E-state index is 0.0133. The zero-order valence-corrected chi connectivity index (χ0v) is 23.9. The number of imidazole rings is 1. The number of nitrogens with one attached hydrogen (secondary N) is 1. The number of nitro benzene ring substituents is 1. The first kappa shape index (κ1) is 26.5. The predicted octanol–water partition coefficient (Wildman–Crippen LogP) is 6.49. The van der Waals surface area contributed by atoms with E-state index in [2.05, 4.69) is 48.9 Å². The van der Waals surface area contributed by atoms with E-state index in [4.69, 9.17) is 4.98 Å². The van der Waals surface area contributed by atoms with Gasteiger partial charge in [-0.1, -0.05) is 30.4 Å². The minimum atomic E-state index is -0.412. The lowest BCUT2D eigenvalue weighted by Gasteiger charge is -2.36. The smallest absolute Gasteiger partial charge is 0.270 e. The largest absolute Gasteiger partial charge is 0.367 e. The molecule has 12 heteroatoms. The second-order valence-corrected chi connectivity index (χ2v) is 11.6. The Morgan fingerprint density at radius 1 is 1.02 bits per heavy atom. The molecule has 1 saturated carbocycles. The van der Waals surface area contributed by atoms with Crippen LogP contribution < -0.4 is 10.2 Å². The highest BCUT2D eigenvalue weighted by Gasteiger charge is 2.30. The van der Waals surface area contributed by atoms with Crippen molar-refractivity contribution in [3.8, 4) is 22.0 Å². The number of non-ortho nitro benzene ring substituents is 1. The highest BCUT2D eigenvalue weighted by Crippen LogP contribution is 2.44. The lowest BCUT2D eigenvalue weighted by atomic mass is 10.2. The molecule has 3 heterocycles. The Morgan fingerprint density at radius 2 is 1.81 bits per heavy atom. The van der Waals surface area contributed by atoms with E-state index in [1.165, 1.54) is 35.6 Å². The second-order valence-electron chi connectivity index (χ2n) is 10.7. The molecular formula is C30H29FN8O2S. The topological polar surface area (TPSA) is 105 Å². The van der Waals surface area contributed by atoms with Gasteiger partial charge in [-0.3, -0.25) is 10.1 Å². The monoisotopic (exact) mass is 584 g/mol. The van der Waals surface area contributed by atoms with Gasteiger partial charge in [0.1, 0.15) is 16.6 Å². The molecule has 2 aliphatic rings. The molecule has 1 aliphatic carbocycles. The minimum Gasteiger partial charge on any atom is -0.367 e. The van der Waals surface area contributed by atoms with Crippen molar-refractivity contribution in [1.29, 1.82) is 0 Å². The summed E-state index contributed by atoms with van der Waals surface area (Å²) in [6.07, 6.45) is 2.19. The van der Waals surface area contributed by atoms with Crippen molar-refractivity contribution in [2.75, 3.05) is 42.9 Å². The van der Waals surface area contributed by atoms with Crippen LogP contribution in [0.5, 0.6) is 0 Å². The molecule has 5 aromatic rings. The molecule has 0 unspecified atom stereocenters. The third-order valence-electron chi connectivity index (χ3n) is 7.95. The van der Waals surface area contributed by atoms with Crippen LogP contribution in [-0.4, -0.2) is 62.3 Å². The molecule has 0 spiro atoms. The Morgan fingerprint density at radius 3 is 2.52 bits per heavy atom. The Kier molecular flexibility index (Phi) is 6.79. The number of benzene rings is 3. The number of hydrogen-bond donors (Lipinski definition) is 1. The van der Waals surface area contributed by atoms with Crippen molar-refractivity contribution in [2.45, 2.75) is 25.8 Å². The summed E-state index contributed by atoms with van der Waals surface area (Å²) in [5, 5.41) is 24.6. The van der Waals surface area contributed by atoms with E-state index < -0.39 is 4.92 Å². The third-order valence-corrected chi connectivity index (χ3v) is 8.84. The molecule has 1 aliphatic heterocycles. The van der Waals surface area contributed by atoms with Crippen molar-refractivity contribution in [2.24, 2.45) is 0 Å². The van der Waals surface area contributed by atoms with Crippen molar-refractivity contribution in [1.82, 2.24) is 24.6 Å². The number of aromatic nitrogens is 4. The van der Waals surface area contributed by atoms with Gasteiger partial charge in [-0.15, -0.1) is 10.2 Å². The molecule has 0 atom stereocenters. The second kappa shape index (κ2) is 10.8. The number of piperazine rings is 1. The molecule has 1 saturated heterocycles. The van der Waals surface area contributed by atoms with Crippen LogP contribution in [0.25, 0.3) is 33.0 Å². The molecule has 2 aromatic heterocycles. The fourth-order valence-corrected chi connectivity index (χ4v) is 6.31. The molecule has 1 N–H and O–H groups in total. The summed E-state index contributed by atoms with van der Waals surface area (Å²) in [5.41, 5.74) is 5.40. The van der Waals surface area contributed by atoms with Crippen LogP contribution in [0.15, 0.2) is 60.7 Å². The first-order valence-corrected chi connectivity index (χ1v) is 14.9. The van der Waals surface area contributed by atoms with Gasteiger partial charge in [-0.2, -0.15) is 0 Å². The van der Waals surface area contributed by atoms with Crippen molar-refractivity contribution < 1.29 is 9.31 Å². The normalized spacial score (nSPS) is 15.8. The molecule has 2 fully saturated rings. The van der Waals surface area contributed by atoms with Gasteiger partial charge >= 0.3 is 0 Å². The molecular weight excluding hydrogens is 555 g/mol. The van der Waals surface area contributed by atoms with E-state index in [0.29, 0.717) is 21.7 Å². The number of nitro groups is 1. The molecule has 7 rings (SSSR count). The summed E-state index contributed by atoms with van der Waals surface area (Å²) in [5.74, 6) is 0.574. The predicted molar refractivity (Wildman–Crippen MR) is 163 cm³/mol. The van der Waals surface area contributed by atoms with Gasteiger partial charge in [-0.25, -0.2) is 9.37 Å². The quantitative estimate of drug-likeness (QED) is 0.163. The first-order valence-electron chi connectivity index (χ1n) is 14.1. The van der Waals surface area contributed by atoms with Gasteiger partial charge in [0.2, 0.25) is 5.13 Å². The number of nitrogens with zero attached hydrogens (tertiary/aromatic N) is 7. The maximum absolute atomic E-state index is 13.7. The maximum Gasteiger partial charge on any atom is 0.270 e. The molecule has 42 heavy (non-hydrogen) atoms. The van der Waals surface area contributed by atoms with Crippen LogP contribution in [0.3, 0.4) is 0 Å². The van der Waals surface area contributed by atoms with Crippen LogP contribution in [0.1, 0.15) is 25.8 Å². The van der Waals surface area contributed by atoms with E-state index in [-0.39, 0.29) is 11.5 Å². The van der Waals surface area contributed by atoms with Crippen LogP contribution in [0.2, 0.25) is 0 Å². The molecule has 3 aromatic carbocycles. The van der Waals surface area contributed by atoms with Gasteiger partial charge in [0.15, 0.2) is 0 Å². The van der Waals surface area contributed by atoms with Crippen LogP contribution in [0.4, 0.5) is 26.6 Å². The van der Waals surface area contributed by atoms with Gasteiger partial charge in [0.25, 0.3) is 5.69 Å². The van der Waals surface area contributed by atoms with E-state index in [1.54, 1.807) is 24.3 Å². The molecule has 10 nitrogen and oxygen atoms in total. The number of halogens is 1. The van der Waals surface area contributed by atoms with E-state index in [9.17, 15) is 14.5 Å². The van der Waals surface area contributed by atoms with E-state index >= 15 is 0 Å². The summed E-state index contributed by atoms with van der Waals surface area (Å²) in [6, 6.07) is 17.6. The Balaban J connectivity index is 1.30. The van der Waals surface area contributed by atoms with E-state index in [1.807, 2.05) is 0 Å². The zero-order valence-electron chi connectivity index (χ0n) is 23.0. The lowest BCUT2D eigenvalue weighted by molar-refractivity contribution is -0.384. The Bertz CT molecular complexity index is 1770. The average Bonchev–Trinajstić information content (AvgIpc) is 3.62. The van der Waals surface area contributed by atoms with Crippen molar-refractivity contribution >= 4 is 44.6 Å². The van der Waals surface area contributed by atoms with Crippen LogP contribution in [-0.2, 0) is 0 Å². The third kappa shape index (κ3) is 5.07. The average molecular weight is 585 g/mol. The number of anilines is 3. The number of fused-ring (bicyclic) bond motifs is 1. The van der Waals surface area contributed by atoms with Crippen molar-refractivity contribution in [3.05, 3.63) is 76.6 Å². The van der Waals surface area contributed by atoms with E-state index in [0.717, 1.165) is 79.4 Å². The van der Waals surface area contributed by atoms with Gasteiger partial charge in [-0.05, 0) is 55.8 Å². The SMILES string of the molecule is CCN1CCN(c2cc3c(cc2Nc2nnc(-c4cccc([N+](=O)[O-])c4)s2)nc(-c2ccc(F)cc2)n3C2CC2)CC1. The molecule has 0 radical (unpaired) electrons. The van der Waals surface area contributed by atoms with Gasteiger partial charge in [0, 0.05) is 55.5 Å². The number of rotatable bonds is 8. The zero-order chi connectivity index (χ0) is 28.8. The number of hydrogen-bond acceptors (Lipinski definition) is 9. The fourth-order valence-electron chi connectivity index (χ4n) is 5.56. The van der Waals surface area contributed by atoms with Crippen molar-refractivity contribution in [3.63, 3.8) is 0 Å². The summed E-state index contributed by atoms with van der Waals surface area (Å²) < 4.78 is 16.0. The maximum atomic E-state index is 13.7. The number of likely N-dealkylation sites (N-methyl/N-ethyl adjacent to an activating group) is 1. The lowest BCUT2D eigenvalue weighted by Crippen LogP contribution is -2.46. The molecule has 0 bridgehead atoms. The van der Waals surface area contributed by atoms with Gasteiger partial charge in [0.05, 0.1) is 27.3 Å². The first-order chi connectivity index (χ1) is 20.5. The van der Waals surface area contributed by atoms with Crippen LogP contribution in [0, 0.1) is 15.9 Å². The summed E-state index contributed by atoms with van der Waals surface area (Å²) in [4.78, 5) is 20.7. The Hall–Kier alpha value is -4.42. The summed E-state index contributed by atoms with van der Waals surface area (Å²) >= 11 is 1.34. The van der Waals surface area contributed by atoms with Crippen LogP contribution >= 0.6 is 11.3 Å². The molecule has 0 amide bonds. The standard InChI is InChI=1S/C30H29FN8O2S/c1-2-36-12-14-37(15-13-36)26-18-27-25(32-28(38(27)22-10-11-22)19-6-8-21(31)9-7-19)17-24(26)33-30-35-34-29(42-30)20-4-3-5-23(16-20)39(40)41/h3-9,16-18,22H,2,10-15H2,1H3,(H,33,35).